The Balaban J connectivity index is 2.47. The SMILES string of the molecule is CCCCc1cccc(-c2ccccc2)c1C(=O)N[C@@H](CS)C(=O)O. The fraction of sp³-hybridized carbons (Fsp3) is 0.300. The summed E-state index contributed by atoms with van der Waals surface area (Å²) in [5.74, 6) is -1.42. The minimum atomic E-state index is -1.09. The lowest BCUT2D eigenvalue weighted by atomic mass is 9.92. The molecule has 0 saturated carbocycles. The first-order valence-electron chi connectivity index (χ1n) is 8.40. The van der Waals surface area contributed by atoms with Gasteiger partial charge in [-0.15, -0.1) is 0 Å². The van der Waals surface area contributed by atoms with E-state index in [1.165, 1.54) is 0 Å². The van der Waals surface area contributed by atoms with Gasteiger partial charge in [-0.25, -0.2) is 4.79 Å². The van der Waals surface area contributed by atoms with E-state index in [1.54, 1.807) is 0 Å². The summed E-state index contributed by atoms with van der Waals surface area (Å²) in [6.07, 6.45) is 2.76. The third-order valence-electron chi connectivity index (χ3n) is 4.05. The fourth-order valence-corrected chi connectivity index (χ4v) is 2.97. The first-order valence-corrected chi connectivity index (χ1v) is 9.03. The molecule has 0 aliphatic rings. The molecular formula is C20H23NO3S. The maximum atomic E-state index is 12.9. The largest absolute Gasteiger partial charge is 0.480 e. The Morgan fingerprint density at radius 2 is 1.84 bits per heavy atom. The zero-order valence-electron chi connectivity index (χ0n) is 14.2. The summed E-state index contributed by atoms with van der Waals surface area (Å²) < 4.78 is 0. The molecule has 0 aromatic heterocycles. The smallest absolute Gasteiger partial charge is 0.327 e. The Labute approximate surface area is 153 Å². The molecule has 0 fully saturated rings. The number of unbranched alkanes of at least 4 members (excludes halogenated alkanes) is 1. The molecular weight excluding hydrogens is 334 g/mol. The predicted octanol–water partition coefficient (Wildman–Crippen LogP) is 3.81. The van der Waals surface area contributed by atoms with E-state index in [2.05, 4.69) is 24.9 Å². The van der Waals surface area contributed by atoms with Crippen LogP contribution in [0.5, 0.6) is 0 Å². The van der Waals surface area contributed by atoms with Gasteiger partial charge in [0.1, 0.15) is 6.04 Å². The van der Waals surface area contributed by atoms with Crippen molar-refractivity contribution in [3.05, 3.63) is 59.7 Å². The second kappa shape index (κ2) is 9.28. The number of amides is 1. The van der Waals surface area contributed by atoms with Crippen molar-refractivity contribution in [3.63, 3.8) is 0 Å². The lowest BCUT2D eigenvalue weighted by Gasteiger charge is -2.18. The Kier molecular flexibility index (Phi) is 7.07. The van der Waals surface area contributed by atoms with Crippen LogP contribution in [0.1, 0.15) is 35.7 Å². The number of hydrogen-bond donors (Lipinski definition) is 3. The predicted molar refractivity (Wildman–Crippen MR) is 103 cm³/mol. The van der Waals surface area contributed by atoms with Crippen LogP contribution in [0.25, 0.3) is 11.1 Å². The van der Waals surface area contributed by atoms with E-state index in [-0.39, 0.29) is 11.7 Å². The molecule has 0 radical (unpaired) electrons. The van der Waals surface area contributed by atoms with Gasteiger partial charge in [0.2, 0.25) is 0 Å². The number of thiol groups is 1. The molecule has 132 valence electrons. The summed E-state index contributed by atoms with van der Waals surface area (Å²) in [5.41, 5.74) is 3.23. The highest BCUT2D eigenvalue weighted by Gasteiger charge is 2.23. The number of nitrogens with one attached hydrogen (secondary N) is 1. The first kappa shape index (κ1) is 19.1. The van der Waals surface area contributed by atoms with E-state index >= 15 is 0 Å². The van der Waals surface area contributed by atoms with Crippen LogP contribution in [-0.2, 0) is 11.2 Å². The second-order valence-electron chi connectivity index (χ2n) is 5.86. The van der Waals surface area contributed by atoms with Crippen LogP contribution >= 0.6 is 12.6 Å². The summed E-state index contributed by atoms with van der Waals surface area (Å²) in [4.78, 5) is 24.1. The molecule has 0 saturated heterocycles. The number of aryl methyl sites for hydroxylation is 1. The molecule has 0 aliphatic carbocycles. The second-order valence-corrected chi connectivity index (χ2v) is 6.22. The molecule has 25 heavy (non-hydrogen) atoms. The monoisotopic (exact) mass is 357 g/mol. The average molecular weight is 357 g/mol. The van der Waals surface area contributed by atoms with Crippen LogP contribution in [0.4, 0.5) is 0 Å². The zero-order chi connectivity index (χ0) is 18.2. The summed E-state index contributed by atoms with van der Waals surface area (Å²) >= 11 is 4.02. The van der Waals surface area contributed by atoms with Gasteiger partial charge in [-0.05, 0) is 29.5 Å². The summed E-state index contributed by atoms with van der Waals surface area (Å²) in [5, 5.41) is 11.8. The molecule has 5 heteroatoms. The highest BCUT2D eigenvalue weighted by atomic mass is 32.1. The maximum absolute atomic E-state index is 12.9. The van der Waals surface area contributed by atoms with E-state index in [4.69, 9.17) is 0 Å². The van der Waals surface area contributed by atoms with Gasteiger partial charge in [0, 0.05) is 5.75 Å². The van der Waals surface area contributed by atoms with Crippen LogP contribution in [0.15, 0.2) is 48.5 Å². The molecule has 0 bridgehead atoms. The molecule has 2 aromatic carbocycles. The minimum absolute atomic E-state index is 0.0405. The molecule has 0 aliphatic heterocycles. The van der Waals surface area contributed by atoms with Crippen molar-refractivity contribution in [1.29, 1.82) is 0 Å². The molecule has 2 rings (SSSR count). The van der Waals surface area contributed by atoms with Gasteiger partial charge in [0.15, 0.2) is 0 Å². The van der Waals surface area contributed by atoms with Gasteiger partial charge in [0.25, 0.3) is 5.91 Å². The van der Waals surface area contributed by atoms with Gasteiger partial charge >= 0.3 is 5.97 Å². The minimum Gasteiger partial charge on any atom is -0.480 e. The van der Waals surface area contributed by atoms with Crippen LogP contribution in [0.2, 0.25) is 0 Å². The molecule has 0 unspecified atom stereocenters. The van der Waals surface area contributed by atoms with Crippen molar-refractivity contribution in [2.24, 2.45) is 0 Å². The average Bonchev–Trinajstić information content (AvgIpc) is 2.64. The standard InChI is InChI=1S/C20H23NO3S/c1-2-3-8-15-11-7-12-16(14-9-5-4-6-10-14)18(15)19(22)21-17(13-25)20(23)24/h4-7,9-12,17,25H,2-3,8,13H2,1H3,(H,21,22)(H,23,24)/t17-/m0/s1. The third kappa shape index (κ3) is 4.86. The lowest BCUT2D eigenvalue weighted by Crippen LogP contribution is -2.42. The number of carboxylic acid groups (broad SMARTS) is 1. The van der Waals surface area contributed by atoms with E-state index in [0.717, 1.165) is 36.0 Å². The summed E-state index contributed by atoms with van der Waals surface area (Å²) in [6.45, 7) is 2.10. The van der Waals surface area contributed by atoms with Crippen molar-refractivity contribution in [2.75, 3.05) is 5.75 Å². The Hall–Kier alpha value is -2.27. The fourth-order valence-electron chi connectivity index (χ4n) is 2.72. The van der Waals surface area contributed by atoms with E-state index in [1.807, 2.05) is 48.5 Å². The van der Waals surface area contributed by atoms with E-state index in [9.17, 15) is 14.7 Å². The molecule has 2 aromatic rings. The van der Waals surface area contributed by atoms with Crippen LogP contribution in [0, 0.1) is 0 Å². The number of carbonyl (C=O) groups is 2. The van der Waals surface area contributed by atoms with E-state index in [0.29, 0.717) is 5.56 Å². The number of carboxylic acids is 1. The lowest BCUT2D eigenvalue weighted by molar-refractivity contribution is -0.138. The number of rotatable bonds is 8. The maximum Gasteiger partial charge on any atom is 0.327 e. The van der Waals surface area contributed by atoms with Crippen molar-refractivity contribution >= 4 is 24.5 Å². The van der Waals surface area contributed by atoms with Gasteiger partial charge in [-0.3, -0.25) is 4.79 Å². The van der Waals surface area contributed by atoms with Crippen molar-refractivity contribution in [1.82, 2.24) is 5.32 Å². The molecule has 0 spiro atoms. The summed E-state index contributed by atoms with van der Waals surface area (Å²) in [6, 6.07) is 14.4. The number of carbonyl (C=O) groups excluding carboxylic acids is 1. The summed E-state index contributed by atoms with van der Waals surface area (Å²) in [7, 11) is 0. The Morgan fingerprint density at radius 3 is 2.44 bits per heavy atom. The highest BCUT2D eigenvalue weighted by Crippen LogP contribution is 2.27. The van der Waals surface area contributed by atoms with Crippen LogP contribution < -0.4 is 5.32 Å². The van der Waals surface area contributed by atoms with Crippen molar-refractivity contribution in [3.8, 4) is 11.1 Å². The number of aliphatic carboxylic acids is 1. The van der Waals surface area contributed by atoms with Crippen molar-refractivity contribution in [2.45, 2.75) is 32.2 Å². The van der Waals surface area contributed by atoms with Crippen molar-refractivity contribution < 1.29 is 14.7 Å². The first-order chi connectivity index (χ1) is 12.1. The van der Waals surface area contributed by atoms with Crippen LogP contribution in [0.3, 0.4) is 0 Å². The molecule has 4 nitrogen and oxygen atoms in total. The number of hydrogen-bond acceptors (Lipinski definition) is 3. The molecule has 2 N–H and O–H groups in total. The number of benzene rings is 2. The molecule has 1 amide bonds. The highest BCUT2D eigenvalue weighted by molar-refractivity contribution is 7.80. The Morgan fingerprint density at radius 1 is 1.12 bits per heavy atom. The topological polar surface area (TPSA) is 66.4 Å². The van der Waals surface area contributed by atoms with Crippen LogP contribution in [-0.4, -0.2) is 28.8 Å². The quantitative estimate of drug-likeness (QED) is 0.630. The van der Waals surface area contributed by atoms with E-state index < -0.39 is 12.0 Å². The molecule has 0 heterocycles. The van der Waals surface area contributed by atoms with Gasteiger partial charge in [-0.2, -0.15) is 12.6 Å². The van der Waals surface area contributed by atoms with Gasteiger partial charge < -0.3 is 10.4 Å². The van der Waals surface area contributed by atoms with Gasteiger partial charge in [-0.1, -0.05) is 61.9 Å². The Bertz CT molecular complexity index is 731. The zero-order valence-corrected chi connectivity index (χ0v) is 15.1. The van der Waals surface area contributed by atoms with Gasteiger partial charge in [0.05, 0.1) is 5.56 Å². The molecule has 1 atom stereocenters. The normalized spacial score (nSPS) is 11.8. The third-order valence-corrected chi connectivity index (χ3v) is 4.41.